The second-order valence-corrected chi connectivity index (χ2v) is 5.13. The molecule has 0 aliphatic carbocycles. The van der Waals surface area contributed by atoms with E-state index in [4.69, 9.17) is 23.2 Å². The van der Waals surface area contributed by atoms with Crippen molar-refractivity contribution in [1.29, 1.82) is 0 Å². The van der Waals surface area contributed by atoms with Crippen LogP contribution in [0.4, 0.5) is 0 Å². The Morgan fingerprint density at radius 2 is 1.73 bits per heavy atom. The van der Waals surface area contributed by atoms with Crippen molar-refractivity contribution in [2.45, 2.75) is 10.5 Å². The monoisotopic (exact) mass is 213 g/mol. The first-order chi connectivity index (χ1) is 5.26. The Hall–Kier alpha value is 0.890. The van der Waals surface area contributed by atoms with Crippen molar-refractivity contribution in [3.8, 4) is 0 Å². The summed E-state index contributed by atoms with van der Waals surface area (Å²) in [7, 11) is 2.12. The zero-order valence-electron chi connectivity index (χ0n) is 6.59. The van der Waals surface area contributed by atoms with E-state index in [0.29, 0.717) is 10.5 Å². The van der Waals surface area contributed by atoms with Crippen molar-refractivity contribution in [3.63, 3.8) is 0 Å². The van der Waals surface area contributed by atoms with Gasteiger partial charge in [0.2, 0.25) is 0 Å². The van der Waals surface area contributed by atoms with E-state index in [2.05, 4.69) is 11.9 Å². The van der Waals surface area contributed by atoms with E-state index >= 15 is 0 Å². The molecule has 2 unspecified atom stereocenters. The molecule has 0 aromatic heterocycles. The first-order valence-electron chi connectivity index (χ1n) is 3.72. The van der Waals surface area contributed by atoms with Crippen molar-refractivity contribution in [1.82, 2.24) is 4.90 Å². The van der Waals surface area contributed by atoms with E-state index in [1.807, 2.05) is 11.8 Å². The van der Waals surface area contributed by atoms with E-state index in [1.54, 1.807) is 0 Å². The topological polar surface area (TPSA) is 3.24 Å². The van der Waals surface area contributed by atoms with E-state index < -0.39 is 0 Å². The van der Waals surface area contributed by atoms with Gasteiger partial charge in [-0.25, -0.2) is 0 Å². The zero-order chi connectivity index (χ0) is 8.27. The van der Waals surface area contributed by atoms with Crippen LogP contribution in [0.5, 0.6) is 0 Å². The molecule has 0 aromatic rings. The summed E-state index contributed by atoms with van der Waals surface area (Å²) >= 11 is 13.5. The number of hydrogen-bond acceptors (Lipinski definition) is 2. The summed E-state index contributed by atoms with van der Waals surface area (Å²) in [5.74, 6) is 1.48. The third kappa shape index (κ3) is 3.02. The first kappa shape index (κ1) is 9.97. The molecule has 11 heavy (non-hydrogen) atoms. The molecule has 1 nitrogen and oxygen atoms in total. The molecule has 0 amide bonds. The molecule has 1 rings (SSSR count). The standard InChI is InChI=1S/C7H13Cl2NS/c1-10-4-6(2-8)11-7(3-9)5-10/h6-7H,2-5H2,1H3. The molecule has 66 valence electrons. The molecule has 0 radical (unpaired) electrons. The Balaban J connectivity index is 2.37. The van der Waals surface area contributed by atoms with Crippen molar-refractivity contribution < 1.29 is 0 Å². The lowest BCUT2D eigenvalue weighted by Crippen LogP contribution is -2.41. The van der Waals surface area contributed by atoms with E-state index in [0.717, 1.165) is 24.8 Å². The van der Waals surface area contributed by atoms with E-state index in [-0.39, 0.29) is 0 Å². The van der Waals surface area contributed by atoms with Crippen LogP contribution in [0.3, 0.4) is 0 Å². The number of thioether (sulfide) groups is 1. The fourth-order valence-corrected chi connectivity index (χ4v) is 3.30. The van der Waals surface area contributed by atoms with Gasteiger partial charge < -0.3 is 4.90 Å². The lowest BCUT2D eigenvalue weighted by atomic mass is 10.3. The molecule has 1 aliphatic heterocycles. The van der Waals surface area contributed by atoms with E-state index in [1.165, 1.54) is 0 Å². The molecular weight excluding hydrogens is 201 g/mol. The van der Waals surface area contributed by atoms with Crippen LogP contribution in [0.1, 0.15) is 0 Å². The fraction of sp³-hybridized carbons (Fsp3) is 1.00. The summed E-state index contributed by atoms with van der Waals surface area (Å²) < 4.78 is 0. The van der Waals surface area contributed by atoms with Crippen LogP contribution in [-0.2, 0) is 0 Å². The maximum atomic E-state index is 5.78. The lowest BCUT2D eigenvalue weighted by Gasteiger charge is -2.33. The van der Waals surface area contributed by atoms with Gasteiger partial charge in [-0.1, -0.05) is 0 Å². The van der Waals surface area contributed by atoms with Gasteiger partial charge in [0.05, 0.1) is 0 Å². The predicted molar refractivity (Wildman–Crippen MR) is 54.1 cm³/mol. The van der Waals surface area contributed by atoms with Gasteiger partial charge in [-0.2, -0.15) is 0 Å². The summed E-state index contributed by atoms with van der Waals surface area (Å²) in [6.45, 7) is 2.20. The van der Waals surface area contributed by atoms with Gasteiger partial charge in [0.25, 0.3) is 0 Å². The zero-order valence-corrected chi connectivity index (χ0v) is 8.92. The Bertz CT molecular complexity index is 111. The molecule has 0 aromatic carbocycles. The molecule has 0 N–H and O–H groups in total. The van der Waals surface area contributed by atoms with Gasteiger partial charge in [0, 0.05) is 35.3 Å². The second kappa shape index (κ2) is 4.80. The minimum atomic E-state index is 0.569. The van der Waals surface area contributed by atoms with Crippen LogP contribution < -0.4 is 0 Å². The van der Waals surface area contributed by atoms with Crippen LogP contribution in [-0.4, -0.2) is 47.3 Å². The number of halogens is 2. The Morgan fingerprint density at radius 3 is 2.09 bits per heavy atom. The maximum Gasteiger partial charge on any atom is 0.0355 e. The summed E-state index contributed by atoms with van der Waals surface area (Å²) in [5, 5.41) is 1.14. The molecule has 2 atom stereocenters. The minimum absolute atomic E-state index is 0.569. The first-order valence-corrected chi connectivity index (χ1v) is 5.73. The smallest absolute Gasteiger partial charge is 0.0355 e. The van der Waals surface area contributed by atoms with Gasteiger partial charge in [-0.05, 0) is 7.05 Å². The van der Waals surface area contributed by atoms with Crippen molar-refractivity contribution in [3.05, 3.63) is 0 Å². The van der Waals surface area contributed by atoms with Crippen molar-refractivity contribution in [2.75, 3.05) is 31.9 Å². The van der Waals surface area contributed by atoms with Gasteiger partial charge in [-0.15, -0.1) is 35.0 Å². The van der Waals surface area contributed by atoms with Crippen LogP contribution in [0, 0.1) is 0 Å². The molecule has 0 spiro atoms. The van der Waals surface area contributed by atoms with Crippen LogP contribution in [0.25, 0.3) is 0 Å². The molecule has 0 saturated carbocycles. The lowest BCUT2D eigenvalue weighted by molar-refractivity contribution is 0.332. The molecule has 1 saturated heterocycles. The van der Waals surface area contributed by atoms with Crippen molar-refractivity contribution >= 4 is 35.0 Å². The molecule has 4 heteroatoms. The summed E-state index contributed by atoms with van der Waals surface area (Å²) in [4.78, 5) is 2.30. The molecule has 1 heterocycles. The largest absolute Gasteiger partial charge is 0.304 e. The van der Waals surface area contributed by atoms with Crippen molar-refractivity contribution in [2.24, 2.45) is 0 Å². The predicted octanol–water partition coefficient (Wildman–Crippen LogP) is 1.88. The third-order valence-corrected chi connectivity index (χ3v) is 4.27. The number of rotatable bonds is 2. The Labute approximate surface area is 82.4 Å². The SMILES string of the molecule is CN1CC(CCl)SC(CCl)C1. The van der Waals surface area contributed by atoms with Gasteiger partial charge in [-0.3, -0.25) is 0 Å². The third-order valence-electron chi connectivity index (χ3n) is 1.76. The van der Waals surface area contributed by atoms with Gasteiger partial charge in [0.1, 0.15) is 0 Å². The highest BCUT2D eigenvalue weighted by atomic mass is 35.5. The Kier molecular flexibility index (Phi) is 4.36. The summed E-state index contributed by atoms with van der Waals surface area (Å²) in [6.07, 6.45) is 0. The van der Waals surface area contributed by atoms with Crippen LogP contribution in [0.15, 0.2) is 0 Å². The maximum absolute atomic E-state index is 5.78. The minimum Gasteiger partial charge on any atom is -0.304 e. The highest BCUT2D eigenvalue weighted by molar-refractivity contribution is 8.00. The number of nitrogens with zero attached hydrogens (tertiary/aromatic N) is 1. The molecule has 0 bridgehead atoms. The normalized spacial score (nSPS) is 34.1. The van der Waals surface area contributed by atoms with Gasteiger partial charge in [0.15, 0.2) is 0 Å². The van der Waals surface area contributed by atoms with Gasteiger partial charge >= 0.3 is 0 Å². The Morgan fingerprint density at radius 1 is 1.27 bits per heavy atom. The highest BCUT2D eigenvalue weighted by Gasteiger charge is 2.24. The average Bonchev–Trinajstić information content (AvgIpc) is 2.03. The quantitative estimate of drug-likeness (QED) is 0.645. The molecule has 1 aliphatic rings. The highest BCUT2D eigenvalue weighted by Crippen LogP contribution is 2.26. The second-order valence-electron chi connectivity index (χ2n) is 2.91. The van der Waals surface area contributed by atoms with Crippen LogP contribution >= 0.6 is 35.0 Å². The summed E-state index contributed by atoms with van der Waals surface area (Å²) in [5.41, 5.74) is 0. The van der Waals surface area contributed by atoms with E-state index in [9.17, 15) is 0 Å². The van der Waals surface area contributed by atoms with Crippen LogP contribution in [0.2, 0.25) is 0 Å². The molecule has 1 fully saturated rings. The fourth-order valence-electron chi connectivity index (χ4n) is 1.30. The molecular formula is C7H13Cl2NS. The average molecular weight is 214 g/mol. The summed E-state index contributed by atoms with van der Waals surface area (Å²) in [6, 6.07) is 0. The number of alkyl halides is 2. The number of hydrogen-bond donors (Lipinski definition) is 0.